The lowest BCUT2D eigenvalue weighted by Gasteiger charge is -2.21. The summed E-state index contributed by atoms with van der Waals surface area (Å²) in [5.41, 5.74) is 1.54. The number of amides is 2. The van der Waals surface area contributed by atoms with Gasteiger partial charge in [0.2, 0.25) is 5.91 Å². The first-order valence-corrected chi connectivity index (χ1v) is 7.55. The van der Waals surface area contributed by atoms with E-state index in [4.69, 9.17) is 0 Å². The number of aromatic nitrogens is 2. The Labute approximate surface area is 135 Å². The number of aryl methyl sites for hydroxylation is 2. The first-order valence-electron chi connectivity index (χ1n) is 7.55. The molecule has 1 atom stereocenters. The van der Waals surface area contributed by atoms with Crippen LogP contribution >= 0.6 is 0 Å². The summed E-state index contributed by atoms with van der Waals surface area (Å²) in [6.45, 7) is 5.70. The highest BCUT2D eigenvalue weighted by Crippen LogP contribution is 2.10. The lowest BCUT2D eigenvalue weighted by molar-refractivity contribution is -0.118. The average Bonchev–Trinajstić information content (AvgIpc) is 2.89. The van der Waals surface area contributed by atoms with Crippen LogP contribution in [0.4, 0.5) is 5.82 Å². The summed E-state index contributed by atoms with van der Waals surface area (Å²) in [6, 6.07) is 8.34. The predicted octanol–water partition coefficient (Wildman–Crippen LogP) is 2.12. The van der Waals surface area contributed by atoms with Crippen LogP contribution < -0.4 is 10.6 Å². The molecule has 2 rings (SSSR count). The maximum atomic E-state index is 12.4. The van der Waals surface area contributed by atoms with Gasteiger partial charge < -0.3 is 10.6 Å². The van der Waals surface area contributed by atoms with Crippen molar-refractivity contribution in [3.63, 3.8) is 0 Å². The molecule has 6 nitrogen and oxygen atoms in total. The topological polar surface area (TPSA) is 76.0 Å². The molecule has 2 amide bonds. The molecule has 2 N–H and O–H groups in total. The number of nitrogens with one attached hydrogen (secondary N) is 2. The zero-order chi connectivity index (χ0) is 17.0. The van der Waals surface area contributed by atoms with Crippen LogP contribution in [0.2, 0.25) is 0 Å². The third-order valence-electron chi connectivity index (χ3n) is 3.48. The van der Waals surface area contributed by atoms with E-state index in [1.54, 1.807) is 36.1 Å². The molecule has 23 heavy (non-hydrogen) atoms. The van der Waals surface area contributed by atoms with Gasteiger partial charge >= 0.3 is 0 Å². The Morgan fingerprint density at radius 3 is 2.52 bits per heavy atom. The number of nitrogens with zero attached hydrogens (tertiary/aromatic N) is 2. The molecule has 0 bridgehead atoms. The second-order valence-electron chi connectivity index (χ2n) is 5.93. The summed E-state index contributed by atoms with van der Waals surface area (Å²) in [7, 11) is 1.77. The molecule has 0 aliphatic carbocycles. The fourth-order valence-electron chi connectivity index (χ4n) is 2.23. The maximum absolute atomic E-state index is 12.4. The molecule has 0 aliphatic heterocycles. The Bertz CT molecular complexity index is 706. The first-order chi connectivity index (χ1) is 10.9. The number of benzene rings is 1. The van der Waals surface area contributed by atoms with Gasteiger partial charge in [-0.2, -0.15) is 5.10 Å². The van der Waals surface area contributed by atoms with Crippen molar-refractivity contribution in [3.8, 4) is 0 Å². The molecule has 2 aromatic rings. The summed E-state index contributed by atoms with van der Waals surface area (Å²) in [4.78, 5) is 24.8. The van der Waals surface area contributed by atoms with Crippen molar-refractivity contribution in [1.29, 1.82) is 0 Å². The van der Waals surface area contributed by atoms with Gasteiger partial charge in [-0.3, -0.25) is 14.3 Å². The molecule has 0 unspecified atom stereocenters. The van der Waals surface area contributed by atoms with Gasteiger partial charge in [-0.15, -0.1) is 0 Å². The molecular formula is C17H22N4O2. The lowest BCUT2D eigenvalue weighted by Crippen LogP contribution is -2.47. The quantitative estimate of drug-likeness (QED) is 0.887. The Morgan fingerprint density at radius 1 is 1.22 bits per heavy atom. The molecule has 122 valence electrons. The lowest BCUT2D eigenvalue weighted by atomic mass is 10.0. The number of hydrogen-bond donors (Lipinski definition) is 2. The van der Waals surface area contributed by atoms with E-state index in [1.807, 2.05) is 32.9 Å². The van der Waals surface area contributed by atoms with E-state index >= 15 is 0 Å². The van der Waals surface area contributed by atoms with Crippen molar-refractivity contribution < 1.29 is 9.59 Å². The fourth-order valence-corrected chi connectivity index (χ4v) is 2.23. The molecule has 1 aromatic carbocycles. The minimum atomic E-state index is -0.634. The minimum Gasteiger partial charge on any atom is -0.340 e. The van der Waals surface area contributed by atoms with E-state index in [0.717, 1.165) is 5.56 Å². The van der Waals surface area contributed by atoms with E-state index in [2.05, 4.69) is 15.7 Å². The van der Waals surface area contributed by atoms with Gasteiger partial charge in [0, 0.05) is 24.9 Å². The number of rotatable bonds is 5. The zero-order valence-corrected chi connectivity index (χ0v) is 13.8. The van der Waals surface area contributed by atoms with Crippen LogP contribution in [0, 0.1) is 12.8 Å². The second kappa shape index (κ2) is 7.09. The van der Waals surface area contributed by atoms with Crippen molar-refractivity contribution >= 4 is 17.6 Å². The van der Waals surface area contributed by atoms with Crippen molar-refractivity contribution in [2.24, 2.45) is 13.0 Å². The van der Waals surface area contributed by atoms with Crippen LogP contribution in [0.3, 0.4) is 0 Å². The number of anilines is 1. The van der Waals surface area contributed by atoms with Crippen LogP contribution in [0.1, 0.15) is 29.8 Å². The number of carbonyl (C=O) groups is 2. The van der Waals surface area contributed by atoms with Crippen molar-refractivity contribution in [2.45, 2.75) is 26.8 Å². The van der Waals surface area contributed by atoms with Gasteiger partial charge in [-0.25, -0.2) is 0 Å². The summed E-state index contributed by atoms with van der Waals surface area (Å²) in [5, 5.41) is 9.64. The largest absolute Gasteiger partial charge is 0.340 e. The van der Waals surface area contributed by atoms with Crippen molar-refractivity contribution in [3.05, 3.63) is 47.7 Å². The summed E-state index contributed by atoms with van der Waals surface area (Å²) in [5.74, 6) is -0.122. The van der Waals surface area contributed by atoms with Gasteiger partial charge in [0.05, 0.1) is 0 Å². The Kier molecular flexibility index (Phi) is 5.16. The van der Waals surface area contributed by atoms with Crippen LogP contribution in [0.15, 0.2) is 36.5 Å². The zero-order valence-electron chi connectivity index (χ0n) is 13.8. The van der Waals surface area contributed by atoms with Gasteiger partial charge in [-0.05, 0) is 25.0 Å². The molecule has 0 fully saturated rings. The van der Waals surface area contributed by atoms with Crippen LogP contribution in [0.25, 0.3) is 0 Å². The average molecular weight is 314 g/mol. The van der Waals surface area contributed by atoms with E-state index in [-0.39, 0.29) is 17.7 Å². The smallest absolute Gasteiger partial charge is 0.251 e. The molecule has 0 aliphatic rings. The Hall–Kier alpha value is -2.63. The standard InChI is InChI=1S/C17H22N4O2/c1-11(2)15(17(23)18-14-8-9-21(4)20-14)19-16(22)13-7-5-6-12(3)10-13/h5-11,15H,1-4H3,(H,19,22)(H,18,20,23)/t15-/m0/s1. The highest BCUT2D eigenvalue weighted by Gasteiger charge is 2.25. The Balaban J connectivity index is 2.09. The summed E-state index contributed by atoms with van der Waals surface area (Å²) in [6.07, 6.45) is 1.74. The first kappa shape index (κ1) is 16.7. The third kappa shape index (κ3) is 4.42. The molecule has 1 heterocycles. The van der Waals surface area contributed by atoms with Gasteiger partial charge in [0.15, 0.2) is 5.82 Å². The fraction of sp³-hybridized carbons (Fsp3) is 0.353. The van der Waals surface area contributed by atoms with Crippen molar-refractivity contribution in [1.82, 2.24) is 15.1 Å². The molecule has 6 heteroatoms. The van der Waals surface area contributed by atoms with Crippen molar-refractivity contribution in [2.75, 3.05) is 5.32 Å². The molecule has 0 saturated heterocycles. The maximum Gasteiger partial charge on any atom is 0.251 e. The summed E-state index contributed by atoms with van der Waals surface area (Å²) >= 11 is 0. The molecular weight excluding hydrogens is 292 g/mol. The highest BCUT2D eigenvalue weighted by atomic mass is 16.2. The van der Waals surface area contributed by atoms with Crippen LogP contribution in [-0.2, 0) is 11.8 Å². The highest BCUT2D eigenvalue weighted by molar-refractivity contribution is 6.01. The van der Waals surface area contributed by atoms with E-state index < -0.39 is 6.04 Å². The van der Waals surface area contributed by atoms with Crippen LogP contribution in [0.5, 0.6) is 0 Å². The van der Waals surface area contributed by atoms with Gasteiger partial charge in [0.25, 0.3) is 5.91 Å². The predicted molar refractivity (Wildman–Crippen MR) is 89.1 cm³/mol. The second-order valence-corrected chi connectivity index (χ2v) is 5.93. The third-order valence-corrected chi connectivity index (χ3v) is 3.48. The number of carbonyl (C=O) groups excluding carboxylic acids is 2. The monoisotopic (exact) mass is 314 g/mol. The van der Waals surface area contributed by atoms with Gasteiger partial charge in [-0.1, -0.05) is 31.5 Å². The van der Waals surface area contributed by atoms with E-state index in [0.29, 0.717) is 11.4 Å². The molecule has 1 aromatic heterocycles. The summed E-state index contributed by atoms with van der Waals surface area (Å²) < 4.78 is 1.60. The Morgan fingerprint density at radius 2 is 1.96 bits per heavy atom. The van der Waals surface area contributed by atoms with Crippen LogP contribution in [-0.4, -0.2) is 27.6 Å². The van der Waals surface area contributed by atoms with Gasteiger partial charge in [0.1, 0.15) is 6.04 Å². The minimum absolute atomic E-state index is 0.0486. The van der Waals surface area contributed by atoms with E-state index in [1.165, 1.54) is 0 Å². The molecule has 0 radical (unpaired) electrons. The molecule has 0 spiro atoms. The normalized spacial score (nSPS) is 12.0. The SMILES string of the molecule is Cc1cccc(C(=O)N[C@H](C(=O)Nc2ccn(C)n2)C(C)C)c1. The van der Waals surface area contributed by atoms with E-state index in [9.17, 15) is 9.59 Å². The molecule has 0 saturated carbocycles. The number of hydrogen-bond acceptors (Lipinski definition) is 3.